The van der Waals surface area contributed by atoms with Gasteiger partial charge in [-0.05, 0) is 18.4 Å². The molecule has 0 saturated carbocycles. The summed E-state index contributed by atoms with van der Waals surface area (Å²) >= 11 is 1.64. The van der Waals surface area contributed by atoms with E-state index in [1.807, 2.05) is 6.07 Å². The highest BCUT2D eigenvalue weighted by Gasteiger charge is 2.27. The van der Waals surface area contributed by atoms with Crippen LogP contribution in [0.15, 0.2) is 41.9 Å². The lowest BCUT2D eigenvalue weighted by Gasteiger charge is -2.14. The fourth-order valence-electron chi connectivity index (χ4n) is 3.21. The number of amides is 1. The first-order chi connectivity index (χ1) is 10.8. The number of aromatic nitrogens is 2. The van der Waals surface area contributed by atoms with Crippen LogP contribution in [0.25, 0.3) is 4.96 Å². The Hall–Kier alpha value is -2.14. The van der Waals surface area contributed by atoms with Gasteiger partial charge in [0.15, 0.2) is 4.96 Å². The third-order valence-electron chi connectivity index (χ3n) is 4.27. The number of imidazole rings is 1. The smallest absolute Gasteiger partial charge is 0.220 e. The van der Waals surface area contributed by atoms with Crippen LogP contribution in [0.5, 0.6) is 0 Å². The Morgan fingerprint density at radius 2 is 2.18 bits per heavy atom. The maximum atomic E-state index is 12.0. The highest BCUT2D eigenvalue weighted by atomic mass is 32.1. The number of hydrogen-bond donors (Lipinski definition) is 1. The van der Waals surface area contributed by atoms with Crippen LogP contribution in [-0.4, -0.2) is 15.3 Å². The number of fused-ring (bicyclic) bond motifs is 3. The Morgan fingerprint density at radius 1 is 1.32 bits per heavy atom. The molecule has 3 heterocycles. The lowest BCUT2D eigenvalue weighted by Crippen LogP contribution is -2.21. The predicted molar refractivity (Wildman–Crippen MR) is 87.0 cm³/mol. The van der Waals surface area contributed by atoms with Crippen LogP contribution >= 0.6 is 11.3 Å². The van der Waals surface area contributed by atoms with Gasteiger partial charge in [0.1, 0.15) is 0 Å². The molecule has 4 rings (SSSR count). The number of carbonyl (C=O) groups is 1. The molecule has 0 radical (unpaired) electrons. The van der Waals surface area contributed by atoms with E-state index in [0.717, 1.165) is 23.5 Å². The maximum absolute atomic E-state index is 12.0. The second-order valence-electron chi connectivity index (χ2n) is 5.70. The highest BCUT2D eigenvalue weighted by molar-refractivity contribution is 7.15. The molecule has 5 heteroatoms. The number of rotatable bonds is 3. The predicted octanol–water partition coefficient (Wildman–Crippen LogP) is 3.13. The van der Waals surface area contributed by atoms with Crippen LogP contribution < -0.4 is 5.32 Å². The summed E-state index contributed by atoms with van der Waals surface area (Å²) in [4.78, 5) is 17.7. The molecule has 1 N–H and O–H groups in total. The van der Waals surface area contributed by atoms with E-state index in [1.54, 1.807) is 11.3 Å². The number of nitrogens with zero attached hydrogens (tertiary/aromatic N) is 2. The van der Waals surface area contributed by atoms with Gasteiger partial charge < -0.3 is 5.32 Å². The second kappa shape index (κ2) is 5.57. The topological polar surface area (TPSA) is 46.4 Å². The number of aryl methyl sites for hydroxylation is 1. The van der Waals surface area contributed by atoms with E-state index in [1.165, 1.54) is 11.3 Å². The van der Waals surface area contributed by atoms with Crippen molar-refractivity contribution < 1.29 is 4.79 Å². The SMILES string of the molecule is O=C1C[C@@H](CCc2ccccc2)c2c(nc3sccn23)CN1. The normalized spacial score (nSPS) is 18.0. The van der Waals surface area contributed by atoms with Crippen molar-refractivity contribution in [3.8, 4) is 0 Å². The molecular formula is C17H17N3OS. The van der Waals surface area contributed by atoms with Crippen molar-refractivity contribution >= 4 is 22.2 Å². The van der Waals surface area contributed by atoms with Crippen LogP contribution in [0.1, 0.15) is 35.7 Å². The zero-order valence-corrected chi connectivity index (χ0v) is 13.0. The standard InChI is InChI=1S/C17H17N3OS/c21-15-10-13(7-6-12-4-2-1-3-5-12)16-14(11-18-15)19-17-20(16)8-9-22-17/h1-5,8-9,13H,6-7,10-11H2,(H,18,21)/t13-/m1/s1. The molecule has 1 aliphatic rings. The monoisotopic (exact) mass is 311 g/mol. The van der Waals surface area contributed by atoms with Crippen LogP contribution in [0.2, 0.25) is 0 Å². The first kappa shape index (κ1) is 13.5. The molecule has 0 aliphatic carbocycles. The first-order valence-electron chi connectivity index (χ1n) is 7.56. The molecule has 0 bridgehead atoms. The summed E-state index contributed by atoms with van der Waals surface area (Å²) in [6.45, 7) is 0.546. The highest BCUT2D eigenvalue weighted by Crippen LogP contribution is 2.32. The van der Waals surface area contributed by atoms with E-state index in [4.69, 9.17) is 0 Å². The van der Waals surface area contributed by atoms with Crippen LogP contribution in [-0.2, 0) is 17.8 Å². The molecule has 2 aromatic heterocycles. The molecular weight excluding hydrogens is 294 g/mol. The molecule has 4 nitrogen and oxygen atoms in total. The van der Waals surface area contributed by atoms with Crippen molar-refractivity contribution in [2.45, 2.75) is 31.7 Å². The van der Waals surface area contributed by atoms with E-state index in [-0.39, 0.29) is 11.8 Å². The molecule has 1 aliphatic heterocycles. The summed E-state index contributed by atoms with van der Waals surface area (Å²) in [6, 6.07) is 10.5. The first-order valence-corrected chi connectivity index (χ1v) is 8.44. The van der Waals surface area contributed by atoms with Gasteiger partial charge in [0, 0.05) is 23.9 Å². The Morgan fingerprint density at radius 3 is 3.05 bits per heavy atom. The van der Waals surface area contributed by atoms with Crippen LogP contribution in [0.3, 0.4) is 0 Å². The van der Waals surface area contributed by atoms with Crippen LogP contribution in [0, 0.1) is 0 Å². The molecule has 0 unspecified atom stereocenters. The van der Waals surface area contributed by atoms with Gasteiger partial charge in [-0.3, -0.25) is 9.20 Å². The number of hydrogen-bond acceptors (Lipinski definition) is 3. The fraction of sp³-hybridized carbons (Fsp3) is 0.294. The average molecular weight is 311 g/mol. The maximum Gasteiger partial charge on any atom is 0.220 e. The second-order valence-corrected chi connectivity index (χ2v) is 6.57. The van der Waals surface area contributed by atoms with Gasteiger partial charge in [-0.25, -0.2) is 4.98 Å². The van der Waals surface area contributed by atoms with Crippen molar-refractivity contribution in [2.24, 2.45) is 0 Å². The van der Waals surface area contributed by atoms with E-state index in [2.05, 4.69) is 50.5 Å². The summed E-state index contributed by atoms with van der Waals surface area (Å²) in [6.07, 6.45) is 4.56. The lowest BCUT2D eigenvalue weighted by atomic mass is 9.92. The number of benzene rings is 1. The van der Waals surface area contributed by atoms with Crippen molar-refractivity contribution in [3.05, 3.63) is 58.9 Å². The van der Waals surface area contributed by atoms with Crippen LogP contribution in [0.4, 0.5) is 0 Å². The number of thiazole rings is 1. The third-order valence-corrected chi connectivity index (χ3v) is 5.03. The third kappa shape index (κ3) is 2.41. The minimum absolute atomic E-state index is 0.125. The van der Waals surface area contributed by atoms with Gasteiger partial charge in [0.25, 0.3) is 0 Å². The summed E-state index contributed by atoms with van der Waals surface area (Å²) in [7, 11) is 0. The van der Waals surface area contributed by atoms with Gasteiger partial charge in [-0.15, -0.1) is 11.3 Å². The summed E-state index contributed by atoms with van der Waals surface area (Å²) in [5, 5.41) is 5.02. The molecule has 1 aromatic carbocycles. The summed E-state index contributed by atoms with van der Waals surface area (Å²) in [5.74, 6) is 0.349. The quantitative estimate of drug-likeness (QED) is 0.808. The van der Waals surface area contributed by atoms with E-state index in [0.29, 0.717) is 13.0 Å². The van der Waals surface area contributed by atoms with Gasteiger partial charge in [-0.2, -0.15) is 0 Å². The molecule has 0 fully saturated rings. The molecule has 3 aromatic rings. The Bertz CT molecular complexity index is 806. The van der Waals surface area contributed by atoms with Crippen molar-refractivity contribution in [1.29, 1.82) is 0 Å². The molecule has 22 heavy (non-hydrogen) atoms. The Kier molecular flexibility index (Phi) is 3.42. The van der Waals surface area contributed by atoms with Crippen molar-refractivity contribution in [2.75, 3.05) is 0 Å². The van der Waals surface area contributed by atoms with E-state index in [9.17, 15) is 4.79 Å². The summed E-state index contributed by atoms with van der Waals surface area (Å²) < 4.78 is 2.16. The largest absolute Gasteiger partial charge is 0.350 e. The van der Waals surface area contributed by atoms with Crippen molar-refractivity contribution in [3.63, 3.8) is 0 Å². The minimum Gasteiger partial charge on any atom is -0.350 e. The average Bonchev–Trinajstić information content (AvgIpc) is 3.07. The van der Waals surface area contributed by atoms with Gasteiger partial charge in [-0.1, -0.05) is 30.3 Å². The molecule has 1 amide bonds. The van der Waals surface area contributed by atoms with Gasteiger partial charge >= 0.3 is 0 Å². The van der Waals surface area contributed by atoms with Crippen molar-refractivity contribution in [1.82, 2.24) is 14.7 Å². The molecule has 1 atom stereocenters. The van der Waals surface area contributed by atoms with E-state index >= 15 is 0 Å². The molecule has 0 saturated heterocycles. The van der Waals surface area contributed by atoms with Gasteiger partial charge in [0.2, 0.25) is 5.91 Å². The minimum atomic E-state index is 0.125. The molecule has 112 valence electrons. The molecule has 0 spiro atoms. The lowest BCUT2D eigenvalue weighted by molar-refractivity contribution is -0.121. The number of carbonyl (C=O) groups excluding carboxylic acids is 1. The summed E-state index contributed by atoms with van der Waals surface area (Å²) in [5.41, 5.74) is 3.56. The fourth-order valence-corrected chi connectivity index (χ4v) is 3.95. The Balaban J connectivity index is 1.66. The van der Waals surface area contributed by atoms with E-state index < -0.39 is 0 Å². The van der Waals surface area contributed by atoms with Gasteiger partial charge in [0.05, 0.1) is 17.9 Å². The Labute approximate surface area is 132 Å². The number of nitrogens with one attached hydrogen (secondary N) is 1. The zero-order valence-electron chi connectivity index (χ0n) is 12.2. The zero-order chi connectivity index (χ0) is 14.9.